The van der Waals surface area contributed by atoms with Gasteiger partial charge in [-0.05, 0) is 36.8 Å². The topological polar surface area (TPSA) is 56.1 Å². The number of fused-ring (bicyclic) bond motifs is 1. The minimum absolute atomic E-state index is 0.210. The van der Waals surface area contributed by atoms with Crippen LogP contribution in [-0.2, 0) is 0 Å². The number of nitrogens with one attached hydrogen (secondary N) is 1. The first-order chi connectivity index (χ1) is 13.2. The zero-order valence-corrected chi connectivity index (χ0v) is 15.8. The third kappa shape index (κ3) is 3.87. The van der Waals surface area contributed by atoms with Gasteiger partial charge in [0.15, 0.2) is 5.78 Å². The SMILES string of the molecule is N#Cc1ccc(N2CC[C@H](NCCC(=O)c3csc4ccccc34)C2)cc1. The molecule has 0 radical (unpaired) electrons. The number of hydrogen-bond donors (Lipinski definition) is 1. The Labute approximate surface area is 163 Å². The summed E-state index contributed by atoms with van der Waals surface area (Å²) in [6, 6.07) is 18.4. The molecule has 2 heterocycles. The Morgan fingerprint density at radius 2 is 2.04 bits per heavy atom. The molecule has 0 spiro atoms. The smallest absolute Gasteiger partial charge is 0.165 e. The second-order valence-electron chi connectivity index (χ2n) is 6.86. The number of Topliss-reactive ketones (excluding diaryl/α,β-unsaturated/α-hetero) is 1. The number of nitrogens with zero attached hydrogens (tertiary/aromatic N) is 2. The summed E-state index contributed by atoms with van der Waals surface area (Å²) < 4.78 is 1.17. The minimum atomic E-state index is 0.210. The number of carbonyl (C=O) groups excluding carboxylic acids is 1. The summed E-state index contributed by atoms with van der Waals surface area (Å²) in [6.07, 6.45) is 1.59. The number of anilines is 1. The molecular formula is C22H21N3OS. The predicted octanol–water partition coefficient (Wildman–Crippen LogP) is 4.21. The normalized spacial score (nSPS) is 16.6. The number of thiophene rings is 1. The van der Waals surface area contributed by atoms with Crippen LogP contribution < -0.4 is 10.2 Å². The van der Waals surface area contributed by atoms with Crippen LogP contribution in [0.25, 0.3) is 10.1 Å². The van der Waals surface area contributed by atoms with Gasteiger partial charge < -0.3 is 10.2 Å². The lowest BCUT2D eigenvalue weighted by Crippen LogP contribution is -2.33. The van der Waals surface area contributed by atoms with E-state index in [4.69, 9.17) is 5.26 Å². The van der Waals surface area contributed by atoms with E-state index in [1.165, 1.54) is 4.70 Å². The zero-order valence-electron chi connectivity index (χ0n) is 15.0. The Morgan fingerprint density at radius 3 is 2.85 bits per heavy atom. The monoisotopic (exact) mass is 375 g/mol. The molecule has 0 unspecified atom stereocenters. The van der Waals surface area contributed by atoms with Gasteiger partial charge in [-0.25, -0.2) is 0 Å². The molecule has 3 aromatic rings. The van der Waals surface area contributed by atoms with E-state index < -0.39 is 0 Å². The lowest BCUT2D eigenvalue weighted by Gasteiger charge is -2.19. The van der Waals surface area contributed by atoms with E-state index in [1.54, 1.807) is 11.3 Å². The maximum Gasteiger partial charge on any atom is 0.165 e. The zero-order chi connectivity index (χ0) is 18.6. The van der Waals surface area contributed by atoms with Gasteiger partial charge in [0.1, 0.15) is 0 Å². The summed E-state index contributed by atoms with van der Waals surface area (Å²) in [5.41, 5.74) is 2.69. The molecule has 136 valence electrons. The van der Waals surface area contributed by atoms with Gasteiger partial charge in [-0.2, -0.15) is 5.26 Å². The maximum absolute atomic E-state index is 12.6. The van der Waals surface area contributed by atoms with Crippen molar-refractivity contribution in [3.05, 3.63) is 65.0 Å². The molecule has 0 amide bonds. The Balaban J connectivity index is 1.28. The lowest BCUT2D eigenvalue weighted by molar-refractivity contribution is 0.0984. The fourth-order valence-electron chi connectivity index (χ4n) is 3.63. The molecule has 1 N–H and O–H groups in total. The highest BCUT2D eigenvalue weighted by atomic mass is 32.1. The van der Waals surface area contributed by atoms with Crippen molar-refractivity contribution in [1.29, 1.82) is 5.26 Å². The van der Waals surface area contributed by atoms with Crippen molar-refractivity contribution in [1.82, 2.24) is 5.32 Å². The fourth-order valence-corrected chi connectivity index (χ4v) is 4.59. The summed E-state index contributed by atoms with van der Waals surface area (Å²) in [7, 11) is 0. The van der Waals surface area contributed by atoms with Gasteiger partial charge in [-0.1, -0.05) is 18.2 Å². The average molecular weight is 375 g/mol. The number of carbonyl (C=O) groups is 1. The summed E-state index contributed by atoms with van der Waals surface area (Å²) in [4.78, 5) is 14.9. The molecule has 2 aromatic carbocycles. The van der Waals surface area contributed by atoms with Crippen molar-refractivity contribution in [3.8, 4) is 6.07 Å². The number of benzene rings is 2. The average Bonchev–Trinajstić information content (AvgIpc) is 3.35. The van der Waals surface area contributed by atoms with Crippen LogP contribution in [0.5, 0.6) is 0 Å². The van der Waals surface area contributed by atoms with E-state index in [2.05, 4.69) is 22.4 Å². The quantitative estimate of drug-likeness (QED) is 0.656. The van der Waals surface area contributed by atoms with Gasteiger partial charge in [-0.15, -0.1) is 11.3 Å². The number of hydrogen-bond acceptors (Lipinski definition) is 5. The minimum Gasteiger partial charge on any atom is -0.370 e. The molecule has 27 heavy (non-hydrogen) atoms. The molecule has 1 saturated heterocycles. The summed E-state index contributed by atoms with van der Waals surface area (Å²) >= 11 is 1.63. The molecule has 1 fully saturated rings. The molecule has 5 heteroatoms. The molecule has 1 atom stereocenters. The Bertz CT molecular complexity index is 987. The molecule has 0 saturated carbocycles. The van der Waals surface area contributed by atoms with Gasteiger partial charge in [-0.3, -0.25) is 4.79 Å². The molecule has 4 nitrogen and oxygen atoms in total. The molecule has 0 aliphatic carbocycles. The largest absolute Gasteiger partial charge is 0.370 e. The Morgan fingerprint density at radius 1 is 1.22 bits per heavy atom. The summed E-state index contributed by atoms with van der Waals surface area (Å²) in [5, 5.41) is 15.5. The van der Waals surface area contributed by atoms with Crippen molar-refractivity contribution >= 4 is 32.9 Å². The van der Waals surface area contributed by atoms with Gasteiger partial charge in [0.25, 0.3) is 0 Å². The van der Waals surface area contributed by atoms with E-state index >= 15 is 0 Å². The molecule has 1 aliphatic heterocycles. The fraction of sp³-hybridized carbons (Fsp3) is 0.273. The lowest BCUT2D eigenvalue weighted by atomic mass is 10.1. The number of ketones is 1. The maximum atomic E-state index is 12.6. The van der Waals surface area contributed by atoms with Crippen molar-refractivity contribution in [3.63, 3.8) is 0 Å². The van der Waals surface area contributed by atoms with Crippen LogP contribution >= 0.6 is 11.3 Å². The first-order valence-electron chi connectivity index (χ1n) is 9.22. The highest BCUT2D eigenvalue weighted by Gasteiger charge is 2.22. The highest BCUT2D eigenvalue weighted by molar-refractivity contribution is 7.17. The summed E-state index contributed by atoms with van der Waals surface area (Å²) in [6.45, 7) is 2.63. The summed E-state index contributed by atoms with van der Waals surface area (Å²) in [5.74, 6) is 0.210. The van der Waals surface area contributed by atoms with Crippen molar-refractivity contribution in [2.75, 3.05) is 24.5 Å². The predicted molar refractivity (Wildman–Crippen MR) is 111 cm³/mol. The van der Waals surface area contributed by atoms with Crippen LogP contribution in [0.3, 0.4) is 0 Å². The molecule has 0 bridgehead atoms. The first-order valence-corrected chi connectivity index (χ1v) is 10.1. The van der Waals surface area contributed by atoms with E-state index in [1.807, 2.05) is 47.8 Å². The molecule has 1 aromatic heterocycles. The molecule has 4 rings (SSSR count). The van der Waals surface area contributed by atoms with Gasteiger partial charge in [0.05, 0.1) is 11.6 Å². The Kier molecular flexibility index (Phi) is 5.19. The van der Waals surface area contributed by atoms with Gasteiger partial charge >= 0.3 is 0 Å². The van der Waals surface area contributed by atoms with Gasteiger partial charge in [0, 0.05) is 58.8 Å². The van der Waals surface area contributed by atoms with Crippen LogP contribution in [0.1, 0.15) is 28.8 Å². The standard InChI is InChI=1S/C22H21N3OS/c23-13-16-5-7-18(8-6-16)25-12-10-17(14-25)24-11-9-21(26)20-15-27-22-4-2-1-3-19(20)22/h1-8,15,17,24H,9-12,14H2/t17-/m0/s1. The van der Waals surface area contributed by atoms with Gasteiger partial charge in [0.2, 0.25) is 0 Å². The number of rotatable bonds is 6. The second kappa shape index (κ2) is 7.91. The van der Waals surface area contributed by atoms with Crippen molar-refractivity contribution in [2.45, 2.75) is 18.9 Å². The third-order valence-electron chi connectivity index (χ3n) is 5.12. The van der Waals surface area contributed by atoms with E-state index in [9.17, 15) is 4.79 Å². The van der Waals surface area contributed by atoms with Crippen LogP contribution in [0.4, 0.5) is 5.69 Å². The van der Waals surface area contributed by atoms with Crippen LogP contribution in [-0.4, -0.2) is 31.5 Å². The molecular weight excluding hydrogens is 354 g/mol. The second-order valence-corrected chi connectivity index (χ2v) is 7.77. The van der Waals surface area contributed by atoms with Crippen molar-refractivity contribution < 1.29 is 4.79 Å². The van der Waals surface area contributed by atoms with Crippen molar-refractivity contribution in [2.24, 2.45) is 0 Å². The highest BCUT2D eigenvalue weighted by Crippen LogP contribution is 2.26. The molecule has 1 aliphatic rings. The Hall–Kier alpha value is -2.68. The van der Waals surface area contributed by atoms with E-state index in [0.717, 1.165) is 36.1 Å². The number of nitriles is 1. The first kappa shape index (κ1) is 17.7. The van der Waals surface area contributed by atoms with Crippen LogP contribution in [0.15, 0.2) is 53.9 Å². The van der Waals surface area contributed by atoms with Crippen LogP contribution in [0, 0.1) is 11.3 Å². The third-order valence-corrected chi connectivity index (χ3v) is 6.08. The van der Waals surface area contributed by atoms with Crippen LogP contribution in [0.2, 0.25) is 0 Å². The van der Waals surface area contributed by atoms with E-state index in [-0.39, 0.29) is 5.78 Å². The van der Waals surface area contributed by atoms with E-state index in [0.29, 0.717) is 24.6 Å².